The number of nitrogens with zero attached hydrogens (tertiary/aromatic N) is 6. The number of aromatic nitrogens is 7. The lowest BCUT2D eigenvalue weighted by atomic mass is 10.1. The number of benzene rings is 1. The Hall–Kier alpha value is -4.08. The molecule has 0 spiro atoms. The van der Waals surface area contributed by atoms with Crippen molar-refractivity contribution in [3.05, 3.63) is 60.6 Å². The van der Waals surface area contributed by atoms with Crippen molar-refractivity contribution in [1.29, 1.82) is 0 Å². The van der Waals surface area contributed by atoms with Crippen molar-refractivity contribution in [3.63, 3.8) is 0 Å². The first kappa shape index (κ1) is 18.3. The van der Waals surface area contributed by atoms with Gasteiger partial charge in [-0.1, -0.05) is 23.3 Å². The molecule has 0 amide bonds. The van der Waals surface area contributed by atoms with Crippen molar-refractivity contribution in [3.8, 4) is 17.0 Å². The summed E-state index contributed by atoms with van der Waals surface area (Å²) in [5.41, 5.74) is 2.79. The molecule has 0 atom stereocenters. The number of nitrogens with one attached hydrogen (secondary N) is 3. The van der Waals surface area contributed by atoms with E-state index >= 15 is 0 Å². The van der Waals surface area contributed by atoms with Crippen LogP contribution in [0.4, 0.5) is 17.6 Å². The Morgan fingerprint density at radius 1 is 1.03 bits per heavy atom. The van der Waals surface area contributed by atoms with Gasteiger partial charge >= 0.3 is 0 Å². The summed E-state index contributed by atoms with van der Waals surface area (Å²) in [5, 5.41) is 19.8. The zero-order valence-corrected chi connectivity index (χ0v) is 15.7. The van der Waals surface area contributed by atoms with Crippen LogP contribution in [0.2, 0.25) is 0 Å². The Bertz CT molecular complexity index is 1050. The molecule has 4 rings (SSSR count). The van der Waals surface area contributed by atoms with E-state index in [0.29, 0.717) is 11.8 Å². The van der Waals surface area contributed by atoms with Gasteiger partial charge in [-0.25, -0.2) is 15.0 Å². The van der Waals surface area contributed by atoms with Gasteiger partial charge in [0.25, 0.3) is 5.95 Å². The van der Waals surface area contributed by atoms with Crippen molar-refractivity contribution in [2.24, 2.45) is 0 Å². The molecule has 0 bridgehead atoms. The van der Waals surface area contributed by atoms with Gasteiger partial charge in [0.05, 0.1) is 12.8 Å². The molecule has 10 nitrogen and oxygen atoms in total. The molecule has 3 aromatic heterocycles. The third-order valence-electron chi connectivity index (χ3n) is 4.20. The second-order valence-corrected chi connectivity index (χ2v) is 6.07. The predicted octanol–water partition coefficient (Wildman–Crippen LogP) is 2.46. The second-order valence-electron chi connectivity index (χ2n) is 6.07. The Morgan fingerprint density at radius 3 is 2.76 bits per heavy atom. The lowest BCUT2D eigenvalue weighted by Gasteiger charge is -2.10. The monoisotopic (exact) mass is 389 g/mol. The fraction of sp³-hybridized carbons (Fsp3) is 0.158. The van der Waals surface area contributed by atoms with E-state index in [1.807, 2.05) is 36.4 Å². The predicted molar refractivity (Wildman–Crippen MR) is 108 cm³/mol. The molecule has 0 aliphatic heterocycles. The highest BCUT2D eigenvalue weighted by atomic mass is 16.5. The average molecular weight is 389 g/mol. The minimum absolute atomic E-state index is 0.355. The minimum Gasteiger partial charge on any atom is -0.496 e. The maximum Gasteiger partial charge on any atom is 0.268 e. The van der Waals surface area contributed by atoms with Gasteiger partial charge in [-0.15, -0.1) is 5.10 Å². The second kappa shape index (κ2) is 8.74. The molecule has 29 heavy (non-hydrogen) atoms. The lowest BCUT2D eigenvalue weighted by molar-refractivity contribution is 0.410. The number of methoxy groups -OCH3 is 1. The summed E-state index contributed by atoms with van der Waals surface area (Å²) >= 11 is 0. The van der Waals surface area contributed by atoms with E-state index in [9.17, 15) is 0 Å². The van der Waals surface area contributed by atoms with Gasteiger partial charge < -0.3 is 15.4 Å². The van der Waals surface area contributed by atoms with Crippen LogP contribution in [-0.4, -0.2) is 49.2 Å². The van der Waals surface area contributed by atoms with Gasteiger partial charge in [-0.2, -0.15) is 5.21 Å². The van der Waals surface area contributed by atoms with E-state index < -0.39 is 0 Å². The summed E-state index contributed by atoms with van der Waals surface area (Å²) in [6.45, 7) is 0.725. The molecule has 0 saturated heterocycles. The summed E-state index contributed by atoms with van der Waals surface area (Å²) < 4.78 is 5.39. The molecule has 0 aliphatic rings. The molecule has 4 aromatic rings. The number of anilines is 3. The number of hydrogen-bond acceptors (Lipinski definition) is 9. The van der Waals surface area contributed by atoms with E-state index in [2.05, 4.69) is 52.3 Å². The molecule has 0 unspecified atom stereocenters. The van der Waals surface area contributed by atoms with E-state index in [4.69, 9.17) is 4.74 Å². The van der Waals surface area contributed by atoms with Crippen LogP contribution in [0.25, 0.3) is 11.3 Å². The number of H-pyrrole nitrogens is 1. The third kappa shape index (κ3) is 4.61. The molecule has 10 heteroatoms. The highest BCUT2D eigenvalue weighted by Crippen LogP contribution is 2.21. The van der Waals surface area contributed by atoms with E-state index in [-0.39, 0.29) is 0 Å². The minimum atomic E-state index is 0.355. The van der Waals surface area contributed by atoms with Crippen molar-refractivity contribution in [2.45, 2.75) is 6.42 Å². The highest BCUT2D eigenvalue weighted by molar-refractivity contribution is 5.63. The zero-order chi connectivity index (χ0) is 19.9. The summed E-state index contributed by atoms with van der Waals surface area (Å²) in [6.07, 6.45) is 4.08. The maximum atomic E-state index is 5.39. The topological polar surface area (TPSA) is 126 Å². The fourth-order valence-corrected chi connectivity index (χ4v) is 2.80. The largest absolute Gasteiger partial charge is 0.496 e. The van der Waals surface area contributed by atoms with Crippen LogP contribution in [0, 0.1) is 0 Å². The van der Waals surface area contributed by atoms with Crippen LogP contribution in [0.15, 0.2) is 55.0 Å². The smallest absolute Gasteiger partial charge is 0.268 e. The molecular formula is C19H19N9O. The quantitative estimate of drug-likeness (QED) is 0.416. The summed E-state index contributed by atoms with van der Waals surface area (Å²) in [4.78, 5) is 13.0. The molecule has 146 valence electrons. The van der Waals surface area contributed by atoms with Crippen LogP contribution in [0.3, 0.4) is 0 Å². The molecule has 0 fully saturated rings. The molecule has 0 saturated carbocycles. The Kier molecular flexibility index (Phi) is 5.51. The number of rotatable bonds is 8. The van der Waals surface area contributed by atoms with Crippen LogP contribution in [0.5, 0.6) is 5.75 Å². The molecular weight excluding hydrogens is 370 g/mol. The summed E-state index contributed by atoms with van der Waals surface area (Å²) in [5.74, 6) is 2.60. The average Bonchev–Trinajstić information content (AvgIpc) is 3.28. The molecule has 3 heterocycles. The van der Waals surface area contributed by atoms with Crippen LogP contribution >= 0.6 is 0 Å². The van der Waals surface area contributed by atoms with Crippen LogP contribution < -0.4 is 15.4 Å². The summed E-state index contributed by atoms with van der Waals surface area (Å²) in [6, 6.07) is 13.6. The molecule has 0 aliphatic carbocycles. The van der Waals surface area contributed by atoms with Gasteiger partial charge in [-0.3, -0.25) is 0 Å². The number of aromatic amines is 1. The maximum absolute atomic E-state index is 5.39. The van der Waals surface area contributed by atoms with E-state index in [1.165, 1.54) is 6.33 Å². The number of tetrazole rings is 1. The van der Waals surface area contributed by atoms with Gasteiger partial charge in [0.1, 0.15) is 23.7 Å². The van der Waals surface area contributed by atoms with Crippen LogP contribution in [-0.2, 0) is 6.42 Å². The first-order valence-corrected chi connectivity index (χ1v) is 8.96. The summed E-state index contributed by atoms with van der Waals surface area (Å²) in [7, 11) is 1.68. The standard InChI is InChI=1S/C19H19N9O/c1-29-16-5-3-2-4-13(16)8-9-20-18-10-15(22-12-23-18)14-6-7-17(21-11-14)24-19-25-27-28-26-19/h2-7,10-12H,8-9H2,1H3,(H,20,22,23)(H2,21,24,25,26,27,28). The van der Waals surface area contributed by atoms with Gasteiger partial charge in [0, 0.05) is 24.4 Å². The van der Waals surface area contributed by atoms with Crippen molar-refractivity contribution < 1.29 is 4.74 Å². The van der Waals surface area contributed by atoms with Gasteiger partial charge in [0.15, 0.2) is 0 Å². The number of pyridine rings is 1. The van der Waals surface area contributed by atoms with Crippen molar-refractivity contribution in [2.75, 3.05) is 24.3 Å². The van der Waals surface area contributed by atoms with Crippen LogP contribution in [0.1, 0.15) is 5.56 Å². The zero-order valence-electron chi connectivity index (χ0n) is 15.7. The van der Waals surface area contributed by atoms with E-state index in [1.54, 1.807) is 13.3 Å². The third-order valence-corrected chi connectivity index (χ3v) is 4.20. The highest BCUT2D eigenvalue weighted by Gasteiger charge is 2.06. The van der Waals surface area contributed by atoms with Crippen molar-refractivity contribution in [1.82, 2.24) is 35.6 Å². The number of para-hydroxylation sites is 1. The molecule has 1 aromatic carbocycles. The molecule has 0 radical (unpaired) electrons. The number of hydrogen-bond donors (Lipinski definition) is 3. The lowest BCUT2D eigenvalue weighted by Crippen LogP contribution is -2.07. The molecule has 3 N–H and O–H groups in total. The Morgan fingerprint density at radius 2 is 1.97 bits per heavy atom. The SMILES string of the molecule is COc1ccccc1CCNc1cc(-c2ccc(Nc3nn[nH]n3)nc2)ncn1. The van der Waals surface area contributed by atoms with E-state index in [0.717, 1.165) is 41.4 Å². The first-order chi connectivity index (χ1) is 14.3. The van der Waals surface area contributed by atoms with Crippen molar-refractivity contribution >= 4 is 17.6 Å². The van der Waals surface area contributed by atoms with Gasteiger partial charge in [0.2, 0.25) is 0 Å². The Balaban J connectivity index is 1.39. The Labute approximate surface area is 166 Å². The fourth-order valence-electron chi connectivity index (χ4n) is 2.80. The number of ether oxygens (including phenoxy) is 1. The normalized spacial score (nSPS) is 10.5. The van der Waals surface area contributed by atoms with Gasteiger partial charge in [-0.05, 0) is 35.4 Å². The first-order valence-electron chi connectivity index (χ1n) is 8.96.